The first-order chi connectivity index (χ1) is 11.0. The largest absolute Gasteiger partial charge is 0.364 e. The molecule has 118 valence electrons. The lowest BCUT2D eigenvalue weighted by molar-refractivity contribution is 0.0736. The van der Waals surface area contributed by atoms with Gasteiger partial charge >= 0.3 is 0 Å². The molecular weight excluding hydrogens is 290 g/mol. The molecule has 0 radical (unpaired) electrons. The van der Waals surface area contributed by atoms with E-state index in [9.17, 15) is 4.79 Å². The van der Waals surface area contributed by atoms with Crippen LogP contribution in [0.5, 0.6) is 0 Å². The van der Waals surface area contributed by atoms with Gasteiger partial charge in [-0.25, -0.2) is 0 Å². The highest BCUT2D eigenvalue weighted by atomic mass is 16.5. The number of nitrogens with zero attached hydrogens (tertiary/aromatic N) is 3. The number of amides is 1. The molecule has 0 aliphatic rings. The minimum atomic E-state index is -0.172. The molecule has 3 aromatic rings. The summed E-state index contributed by atoms with van der Waals surface area (Å²) in [4.78, 5) is 19.1. The smallest absolute Gasteiger partial charge is 0.256 e. The van der Waals surface area contributed by atoms with Crippen LogP contribution in [0.15, 0.2) is 41.1 Å². The van der Waals surface area contributed by atoms with Gasteiger partial charge < -0.3 is 9.42 Å². The van der Waals surface area contributed by atoms with Gasteiger partial charge in [-0.3, -0.25) is 9.78 Å². The van der Waals surface area contributed by atoms with E-state index in [1.165, 1.54) is 6.26 Å². The van der Waals surface area contributed by atoms with Crippen LogP contribution in [-0.2, 0) is 0 Å². The molecule has 0 aliphatic heterocycles. The van der Waals surface area contributed by atoms with E-state index in [1.807, 2.05) is 45.0 Å². The number of fused-ring (bicyclic) bond motifs is 1. The maximum atomic E-state index is 12.9. The fraction of sp³-hybridized carbons (Fsp3) is 0.278. The van der Waals surface area contributed by atoms with Crippen molar-refractivity contribution in [2.24, 2.45) is 0 Å². The van der Waals surface area contributed by atoms with Crippen LogP contribution >= 0.6 is 0 Å². The molecule has 3 rings (SSSR count). The van der Waals surface area contributed by atoms with E-state index in [0.717, 1.165) is 27.9 Å². The van der Waals surface area contributed by atoms with E-state index >= 15 is 0 Å². The highest BCUT2D eigenvalue weighted by molar-refractivity contribution is 5.98. The highest BCUT2D eigenvalue weighted by Crippen LogP contribution is 2.23. The third-order valence-electron chi connectivity index (χ3n) is 4.18. The Balaban J connectivity index is 1.98. The first kappa shape index (κ1) is 15.2. The molecule has 0 fully saturated rings. The number of hydrogen-bond donors (Lipinski definition) is 0. The van der Waals surface area contributed by atoms with Crippen LogP contribution in [0.3, 0.4) is 0 Å². The van der Waals surface area contributed by atoms with E-state index in [4.69, 9.17) is 4.52 Å². The zero-order valence-electron chi connectivity index (χ0n) is 13.7. The maximum Gasteiger partial charge on any atom is 0.256 e. The number of rotatable bonds is 3. The molecule has 23 heavy (non-hydrogen) atoms. The lowest BCUT2D eigenvalue weighted by Gasteiger charge is -2.24. The minimum absolute atomic E-state index is 0.0751. The van der Waals surface area contributed by atoms with Crippen LogP contribution in [0.4, 0.5) is 0 Å². The van der Waals surface area contributed by atoms with Crippen LogP contribution in [-0.4, -0.2) is 28.0 Å². The monoisotopic (exact) mass is 309 g/mol. The van der Waals surface area contributed by atoms with E-state index in [2.05, 4.69) is 10.1 Å². The number of carbonyl (C=O) groups is 1. The van der Waals surface area contributed by atoms with Gasteiger partial charge in [0.25, 0.3) is 5.91 Å². The average molecular weight is 309 g/mol. The Labute approximate surface area is 134 Å². The summed E-state index contributed by atoms with van der Waals surface area (Å²) < 4.78 is 4.87. The number of aryl methyl sites for hydroxylation is 2. The summed E-state index contributed by atoms with van der Waals surface area (Å²) >= 11 is 0. The van der Waals surface area contributed by atoms with Gasteiger partial charge in [-0.15, -0.1) is 0 Å². The predicted octanol–water partition coefficient (Wildman–Crippen LogP) is 3.67. The molecule has 0 aliphatic carbocycles. The summed E-state index contributed by atoms with van der Waals surface area (Å²) in [5.74, 6) is -0.0751. The molecule has 2 heterocycles. The Morgan fingerprint density at radius 2 is 2.00 bits per heavy atom. The second-order valence-corrected chi connectivity index (χ2v) is 5.83. The van der Waals surface area contributed by atoms with E-state index in [1.54, 1.807) is 18.0 Å². The summed E-state index contributed by atoms with van der Waals surface area (Å²) in [6.45, 7) is 5.81. The van der Waals surface area contributed by atoms with Crippen molar-refractivity contribution in [1.29, 1.82) is 0 Å². The van der Waals surface area contributed by atoms with Crippen molar-refractivity contribution in [3.63, 3.8) is 0 Å². The average Bonchev–Trinajstić information content (AvgIpc) is 3.07. The Hall–Kier alpha value is -2.69. The second-order valence-electron chi connectivity index (χ2n) is 5.83. The molecule has 0 saturated heterocycles. The normalized spacial score (nSPS) is 12.3. The zero-order valence-corrected chi connectivity index (χ0v) is 13.7. The molecule has 2 aromatic heterocycles. The maximum absolute atomic E-state index is 12.9. The van der Waals surface area contributed by atoms with E-state index < -0.39 is 0 Å². The van der Waals surface area contributed by atoms with Gasteiger partial charge in [-0.05, 0) is 39.0 Å². The topological polar surface area (TPSA) is 59.2 Å². The number of aromatic nitrogens is 2. The third kappa shape index (κ3) is 2.82. The number of hydrogen-bond acceptors (Lipinski definition) is 4. The van der Waals surface area contributed by atoms with Crippen LogP contribution in [0, 0.1) is 13.8 Å². The molecule has 5 heteroatoms. The summed E-state index contributed by atoms with van der Waals surface area (Å²) in [6, 6.07) is 9.55. The van der Waals surface area contributed by atoms with Crippen LogP contribution in [0.2, 0.25) is 0 Å². The first-order valence-electron chi connectivity index (χ1n) is 7.53. The molecule has 0 unspecified atom stereocenters. The van der Waals surface area contributed by atoms with Gasteiger partial charge in [0.2, 0.25) is 0 Å². The molecule has 1 aromatic carbocycles. The molecule has 1 atom stereocenters. The van der Waals surface area contributed by atoms with Gasteiger partial charge in [0.15, 0.2) is 0 Å². The Bertz CT molecular complexity index is 856. The van der Waals surface area contributed by atoms with Gasteiger partial charge in [0, 0.05) is 18.5 Å². The first-order valence-corrected chi connectivity index (χ1v) is 7.53. The van der Waals surface area contributed by atoms with Gasteiger partial charge in [0.05, 0.1) is 22.8 Å². The van der Waals surface area contributed by atoms with Crippen LogP contribution in [0.25, 0.3) is 10.9 Å². The van der Waals surface area contributed by atoms with Crippen molar-refractivity contribution in [1.82, 2.24) is 15.0 Å². The second kappa shape index (κ2) is 5.83. The van der Waals surface area contributed by atoms with E-state index in [0.29, 0.717) is 5.56 Å². The van der Waals surface area contributed by atoms with Crippen molar-refractivity contribution in [2.45, 2.75) is 26.8 Å². The van der Waals surface area contributed by atoms with E-state index in [-0.39, 0.29) is 11.9 Å². The Morgan fingerprint density at radius 1 is 1.22 bits per heavy atom. The molecule has 0 saturated carbocycles. The van der Waals surface area contributed by atoms with Crippen LogP contribution < -0.4 is 0 Å². The van der Waals surface area contributed by atoms with Crippen molar-refractivity contribution >= 4 is 16.8 Å². The van der Waals surface area contributed by atoms with Crippen molar-refractivity contribution in [2.75, 3.05) is 7.05 Å². The number of pyridine rings is 1. The Morgan fingerprint density at radius 3 is 2.70 bits per heavy atom. The molecule has 0 N–H and O–H groups in total. The third-order valence-corrected chi connectivity index (χ3v) is 4.18. The summed E-state index contributed by atoms with van der Waals surface area (Å²) in [5, 5.41) is 4.89. The molecular formula is C18H19N3O2. The summed E-state index contributed by atoms with van der Waals surface area (Å²) in [7, 11) is 1.77. The van der Waals surface area contributed by atoms with Crippen molar-refractivity contribution < 1.29 is 9.32 Å². The number of benzene rings is 1. The molecule has 1 amide bonds. The SMILES string of the molecule is Cc1ccc2nc(C)c(C(=O)N(C)[C@@H](C)c3ccon3)cc2c1. The zero-order chi connectivity index (χ0) is 16.6. The molecule has 0 spiro atoms. The van der Waals surface area contributed by atoms with Gasteiger partial charge in [-0.2, -0.15) is 0 Å². The van der Waals surface area contributed by atoms with Crippen molar-refractivity contribution in [3.05, 3.63) is 59.1 Å². The molecule has 5 nitrogen and oxygen atoms in total. The lowest BCUT2D eigenvalue weighted by atomic mass is 10.1. The lowest BCUT2D eigenvalue weighted by Crippen LogP contribution is -2.30. The minimum Gasteiger partial charge on any atom is -0.364 e. The Kier molecular flexibility index (Phi) is 3.86. The van der Waals surface area contributed by atoms with Crippen LogP contribution in [0.1, 0.15) is 40.3 Å². The number of carbonyl (C=O) groups excluding carboxylic acids is 1. The summed E-state index contributed by atoms with van der Waals surface area (Å²) in [6.07, 6.45) is 1.51. The fourth-order valence-electron chi connectivity index (χ4n) is 2.61. The standard InChI is InChI=1S/C18H19N3O2/c1-11-5-6-17-14(9-11)10-15(12(2)19-17)18(22)21(4)13(3)16-7-8-23-20-16/h5-10,13H,1-4H3/t13-/m0/s1. The van der Waals surface area contributed by atoms with Crippen molar-refractivity contribution in [3.8, 4) is 0 Å². The molecule has 0 bridgehead atoms. The fourth-order valence-corrected chi connectivity index (χ4v) is 2.61. The quantitative estimate of drug-likeness (QED) is 0.740. The summed E-state index contributed by atoms with van der Waals surface area (Å²) in [5.41, 5.74) is 4.11. The van der Waals surface area contributed by atoms with Gasteiger partial charge in [-0.1, -0.05) is 16.8 Å². The predicted molar refractivity (Wildman–Crippen MR) is 88.2 cm³/mol. The highest BCUT2D eigenvalue weighted by Gasteiger charge is 2.22. The van der Waals surface area contributed by atoms with Gasteiger partial charge in [0.1, 0.15) is 12.0 Å².